The first-order valence-electron chi connectivity index (χ1n) is 7.10. The van der Waals surface area contributed by atoms with Crippen LogP contribution in [0.15, 0.2) is 24.4 Å². The minimum absolute atomic E-state index is 0.105. The zero-order chi connectivity index (χ0) is 15.7. The van der Waals surface area contributed by atoms with Crippen molar-refractivity contribution in [3.8, 4) is 0 Å². The van der Waals surface area contributed by atoms with Crippen molar-refractivity contribution >= 4 is 13.2 Å². The first-order valence-corrected chi connectivity index (χ1v) is 7.10. The lowest BCUT2D eigenvalue weighted by Gasteiger charge is -2.32. The molecule has 5 nitrogen and oxygen atoms in total. The largest absolute Gasteiger partial charge is 0.487 e. The summed E-state index contributed by atoms with van der Waals surface area (Å²) in [4.78, 5) is 4.13. The highest BCUT2D eigenvalue weighted by molar-refractivity contribution is 6.52. The summed E-state index contributed by atoms with van der Waals surface area (Å²) in [6.45, 7) is 7.96. The highest BCUT2D eigenvalue weighted by atomic mass is 16.7. The second kappa shape index (κ2) is 5.89. The molecule has 1 atom stereocenters. The Morgan fingerprint density at radius 2 is 1.90 bits per heavy atom. The Morgan fingerprint density at radius 1 is 1.29 bits per heavy atom. The second-order valence-electron chi connectivity index (χ2n) is 6.32. The first kappa shape index (κ1) is 16.2. The van der Waals surface area contributed by atoms with Crippen molar-refractivity contribution < 1.29 is 14.4 Å². The van der Waals surface area contributed by atoms with E-state index in [1.165, 1.54) is 0 Å². The van der Waals surface area contributed by atoms with Crippen molar-refractivity contribution in [1.82, 2.24) is 4.98 Å². The molecule has 1 fully saturated rings. The minimum Gasteiger partial charge on any atom is -0.400 e. The van der Waals surface area contributed by atoms with Gasteiger partial charge < -0.3 is 20.1 Å². The number of aliphatic hydroxyl groups excluding tert-OH is 1. The van der Waals surface area contributed by atoms with Gasteiger partial charge in [-0.15, -0.1) is 0 Å². The van der Waals surface area contributed by atoms with Crippen LogP contribution in [0.5, 0.6) is 0 Å². The van der Waals surface area contributed by atoms with Crippen LogP contribution in [-0.2, 0) is 9.31 Å². The molecule has 0 radical (unpaired) electrons. The zero-order valence-corrected chi connectivity index (χ0v) is 13.0. The maximum atomic E-state index is 9.09. The van der Waals surface area contributed by atoms with Crippen LogP contribution in [0.4, 0.5) is 0 Å². The van der Waals surface area contributed by atoms with E-state index < -0.39 is 6.04 Å². The quantitative estimate of drug-likeness (QED) is 0.826. The molecule has 3 N–H and O–H groups in total. The molecule has 0 bridgehead atoms. The Hall–Kier alpha value is -1.21. The number of nitrogens with two attached hydrogens (primary N) is 1. The third-order valence-electron chi connectivity index (χ3n) is 4.12. The summed E-state index contributed by atoms with van der Waals surface area (Å²) >= 11 is 0. The van der Waals surface area contributed by atoms with Gasteiger partial charge in [-0.1, -0.05) is 12.1 Å². The molecule has 21 heavy (non-hydrogen) atoms. The van der Waals surface area contributed by atoms with E-state index in [-0.39, 0.29) is 24.9 Å². The maximum absolute atomic E-state index is 9.09. The van der Waals surface area contributed by atoms with E-state index >= 15 is 0 Å². The SMILES string of the molecule is CC1(C)OB(/C=C/c2cncc([C@H](N)CO)c2)OC1(C)C. The lowest BCUT2D eigenvalue weighted by molar-refractivity contribution is 0.00578. The van der Waals surface area contributed by atoms with Crippen LogP contribution >= 0.6 is 0 Å². The molecule has 2 rings (SSSR count). The number of nitrogens with zero attached hydrogens (tertiary/aromatic N) is 1. The number of hydrogen-bond donors (Lipinski definition) is 2. The molecule has 0 aromatic carbocycles. The van der Waals surface area contributed by atoms with E-state index in [1.807, 2.05) is 45.8 Å². The van der Waals surface area contributed by atoms with Gasteiger partial charge in [0.05, 0.1) is 23.9 Å². The number of aromatic nitrogens is 1. The lowest BCUT2D eigenvalue weighted by Crippen LogP contribution is -2.41. The number of pyridine rings is 1. The monoisotopic (exact) mass is 290 g/mol. The molecule has 2 heterocycles. The van der Waals surface area contributed by atoms with Crippen molar-refractivity contribution in [3.05, 3.63) is 35.6 Å². The molecular weight excluding hydrogens is 267 g/mol. The van der Waals surface area contributed by atoms with Crippen LogP contribution in [-0.4, -0.2) is 35.0 Å². The van der Waals surface area contributed by atoms with Crippen molar-refractivity contribution in [1.29, 1.82) is 0 Å². The fourth-order valence-electron chi connectivity index (χ4n) is 2.03. The van der Waals surface area contributed by atoms with E-state index in [9.17, 15) is 0 Å². The lowest BCUT2D eigenvalue weighted by atomic mass is 9.89. The van der Waals surface area contributed by atoms with Crippen LogP contribution in [0.1, 0.15) is 44.9 Å². The van der Waals surface area contributed by atoms with Gasteiger partial charge >= 0.3 is 7.12 Å². The predicted molar refractivity (Wildman–Crippen MR) is 83.4 cm³/mol. The average Bonchev–Trinajstić information content (AvgIpc) is 2.64. The Balaban J connectivity index is 2.09. The normalized spacial score (nSPS) is 21.9. The molecule has 0 unspecified atom stereocenters. The van der Waals surface area contributed by atoms with Crippen molar-refractivity contribution in [2.24, 2.45) is 5.73 Å². The Kier molecular flexibility index (Phi) is 4.53. The summed E-state index contributed by atoms with van der Waals surface area (Å²) in [7, 11) is -0.384. The van der Waals surface area contributed by atoms with Gasteiger partial charge in [0, 0.05) is 12.4 Å². The Labute approximate surface area is 126 Å². The number of aliphatic hydroxyl groups is 1. The molecule has 1 aliphatic rings. The molecule has 6 heteroatoms. The molecule has 0 saturated carbocycles. The highest BCUT2D eigenvalue weighted by Gasteiger charge is 2.49. The molecule has 1 aliphatic heterocycles. The van der Waals surface area contributed by atoms with Crippen molar-refractivity contribution in [2.75, 3.05) is 6.61 Å². The summed E-state index contributed by atoms with van der Waals surface area (Å²) in [6.07, 6.45) is 5.28. The molecule has 1 saturated heterocycles. The third-order valence-corrected chi connectivity index (χ3v) is 4.12. The summed E-state index contributed by atoms with van der Waals surface area (Å²) in [6, 6.07) is 1.48. The number of rotatable bonds is 4. The molecule has 0 amide bonds. The van der Waals surface area contributed by atoms with E-state index in [2.05, 4.69) is 4.98 Å². The van der Waals surface area contributed by atoms with Crippen LogP contribution in [0.25, 0.3) is 6.08 Å². The van der Waals surface area contributed by atoms with Crippen molar-refractivity contribution in [3.63, 3.8) is 0 Å². The molecule has 1 aromatic rings. The third kappa shape index (κ3) is 3.52. The summed E-state index contributed by atoms with van der Waals surface area (Å²) in [5.74, 6) is 1.86. The van der Waals surface area contributed by atoms with E-state index in [0.717, 1.165) is 11.1 Å². The van der Waals surface area contributed by atoms with Gasteiger partial charge in [0.2, 0.25) is 0 Å². The van der Waals surface area contributed by atoms with Crippen LogP contribution in [0, 0.1) is 0 Å². The summed E-state index contributed by atoms with van der Waals surface area (Å²) in [5, 5.41) is 9.09. The van der Waals surface area contributed by atoms with E-state index in [0.29, 0.717) is 0 Å². The zero-order valence-electron chi connectivity index (χ0n) is 13.0. The van der Waals surface area contributed by atoms with Crippen LogP contribution in [0.3, 0.4) is 0 Å². The molecule has 0 spiro atoms. The fourth-order valence-corrected chi connectivity index (χ4v) is 2.03. The van der Waals surface area contributed by atoms with Gasteiger partial charge in [0.1, 0.15) is 0 Å². The van der Waals surface area contributed by atoms with Gasteiger partial charge in [-0.3, -0.25) is 4.98 Å². The highest BCUT2D eigenvalue weighted by Crippen LogP contribution is 2.37. The number of hydrogen-bond acceptors (Lipinski definition) is 5. The summed E-state index contributed by atoms with van der Waals surface area (Å²) < 4.78 is 11.8. The van der Waals surface area contributed by atoms with Gasteiger partial charge in [-0.2, -0.15) is 0 Å². The van der Waals surface area contributed by atoms with Gasteiger partial charge in [-0.05, 0) is 44.9 Å². The van der Waals surface area contributed by atoms with Crippen LogP contribution < -0.4 is 5.73 Å². The molecule has 0 aliphatic carbocycles. The predicted octanol–water partition coefficient (Wildman–Crippen LogP) is 1.72. The topological polar surface area (TPSA) is 77.6 Å². The van der Waals surface area contributed by atoms with Crippen LogP contribution in [0.2, 0.25) is 0 Å². The van der Waals surface area contributed by atoms with Crippen molar-refractivity contribution in [2.45, 2.75) is 44.9 Å². The van der Waals surface area contributed by atoms with Gasteiger partial charge in [0.25, 0.3) is 0 Å². The van der Waals surface area contributed by atoms with Gasteiger partial charge in [-0.25, -0.2) is 0 Å². The summed E-state index contributed by atoms with van der Waals surface area (Å²) in [5.41, 5.74) is 6.79. The van der Waals surface area contributed by atoms with E-state index in [4.69, 9.17) is 20.1 Å². The molecular formula is C15H23BN2O3. The Bertz CT molecular complexity index is 515. The average molecular weight is 290 g/mol. The maximum Gasteiger partial charge on any atom is 0.487 e. The fraction of sp³-hybridized carbons (Fsp3) is 0.533. The Morgan fingerprint density at radius 3 is 2.48 bits per heavy atom. The first-order chi connectivity index (χ1) is 9.75. The standard InChI is InChI=1S/C15H23BN2O3/c1-14(2)15(3,4)21-16(20-14)6-5-11-7-12(9-18-8-11)13(17)10-19/h5-9,13,19H,10,17H2,1-4H3/b6-5+/t13-/m1/s1. The minimum atomic E-state index is -0.414. The molecule has 1 aromatic heterocycles. The second-order valence-corrected chi connectivity index (χ2v) is 6.32. The van der Waals surface area contributed by atoms with E-state index in [1.54, 1.807) is 12.4 Å². The van der Waals surface area contributed by atoms with Gasteiger partial charge in [0.15, 0.2) is 0 Å². The smallest absolute Gasteiger partial charge is 0.400 e. The molecule has 114 valence electrons.